The van der Waals surface area contributed by atoms with Crippen molar-refractivity contribution >= 4 is 0 Å². The van der Waals surface area contributed by atoms with Crippen LogP contribution in [-0.2, 0) is 0 Å². The molecule has 0 aromatic rings. The fourth-order valence-electron chi connectivity index (χ4n) is 2.26. The van der Waals surface area contributed by atoms with Crippen LogP contribution in [0.4, 0.5) is 0 Å². The first kappa shape index (κ1) is 11.0. The summed E-state index contributed by atoms with van der Waals surface area (Å²) < 4.78 is 0. The Balaban J connectivity index is 2.10. The molecule has 1 fully saturated rings. The largest absolute Gasteiger partial charge is 0.393 e. The fraction of sp³-hybridized carbons (Fsp3) is 1.00. The van der Waals surface area contributed by atoms with E-state index in [4.69, 9.17) is 0 Å². The maximum Gasteiger partial charge on any atom is 0.0565 e. The van der Waals surface area contributed by atoms with Crippen molar-refractivity contribution in [3.63, 3.8) is 0 Å². The Labute approximate surface area is 82.5 Å². The second kappa shape index (κ2) is 5.64. The first-order valence-electron chi connectivity index (χ1n) is 5.92. The van der Waals surface area contributed by atoms with E-state index in [1.54, 1.807) is 0 Å². The molecular formula is C12H24O. The number of rotatable bonds is 5. The Hall–Kier alpha value is -0.0400. The van der Waals surface area contributed by atoms with Crippen molar-refractivity contribution in [3.05, 3.63) is 0 Å². The van der Waals surface area contributed by atoms with E-state index in [2.05, 4.69) is 13.8 Å². The molecule has 1 heteroatoms. The molecule has 1 aliphatic carbocycles. The van der Waals surface area contributed by atoms with E-state index >= 15 is 0 Å². The Morgan fingerprint density at radius 1 is 1.31 bits per heavy atom. The van der Waals surface area contributed by atoms with Crippen molar-refractivity contribution in [1.29, 1.82) is 0 Å². The van der Waals surface area contributed by atoms with Crippen LogP contribution in [0.2, 0.25) is 0 Å². The molecule has 0 heterocycles. The number of hydrogen-bond acceptors (Lipinski definition) is 1. The standard InChI is InChI=1S/C12H24O/c1-3-10(2)12(13)9-8-11-6-4-5-7-11/h10-13H,3-9H2,1-2H3. The summed E-state index contributed by atoms with van der Waals surface area (Å²) in [4.78, 5) is 0. The lowest BCUT2D eigenvalue weighted by molar-refractivity contribution is 0.0982. The zero-order valence-electron chi connectivity index (χ0n) is 9.13. The van der Waals surface area contributed by atoms with E-state index < -0.39 is 0 Å². The van der Waals surface area contributed by atoms with E-state index in [0.717, 1.165) is 18.8 Å². The van der Waals surface area contributed by atoms with E-state index in [9.17, 15) is 5.11 Å². The monoisotopic (exact) mass is 184 g/mol. The molecule has 1 rings (SSSR count). The Morgan fingerprint density at radius 2 is 1.92 bits per heavy atom. The molecule has 0 amide bonds. The summed E-state index contributed by atoms with van der Waals surface area (Å²) in [5, 5.41) is 9.78. The number of hydrogen-bond donors (Lipinski definition) is 1. The van der Waals surface area contributed by atoms with Crippen molar-refractivity contribution in [3.8, 4) is 0 Å². The highest BCUT2D eigenvalue weighted by Gasteiger charge is 2.18. The van der Waals surface area contributed by atoms with Gasteiger partial charge in [0.2, 0.25) is 0 Å². The molecule has 13 heavy (non-hydrogen) atoms. The first-order chi connectivity index (χ1) is 6.24. The molecule has 1 N–H and O–H groups in total. The van der Waals surface area contributed by atoms with Crippen molar-refractivity contribution < 1.29 is 5.11 Å². The van der Waals surface area contributed by atoms with Gasteiger partial charge in [0, 0.05) is 0 Å². The van der Waals surface area contributed by atoms with Crippen molar-refractivity contribution in [1.82, 2.24) is 0 Å². The predicted octanol–water partition coefficient (Wildman–Crippen LogP) is 3.36. The molecule has 2 atom stereocenters. The van der Waals surface area contributed by atoms with Gasteiger partial charge in [0.05, 0.1) is 6.10 Å². The first-order valence-corrected chi connectivity index (χ1v) is 5.92. The third-order valence-electron chi connectivity index (χ3n) is 3.65. The van der Waals surface area contributed by atoms with Gasteiger partial charge >= 0.3 is 0 Å². The molecule has 1 saturated carbocycles. The SMILES string of the molecule is CCC(C)C(O)CCC1CCCC1. The maximum atomic E-state index is 9.78. The topological polar surface area (TPSA) is 20.2 Å². The minimum Gasteiger partial charge on any atom is -0.393 e. The van der Waals surface area contributed by atoms with E-state index in [0.29, 0.717) is 5.92 Å². The third-order valence-corrected chi connectivity index (χ3v) is 3.65. The van der Waals surface area contributed by atoms with Gasteiger partial charge in [-0.2, -0.15) is 0 Å². The Kier molecular flexibility index (Phi) is 4.79. The van der Waals surface area contributed by atoms with Crippen LogP contribution in [0.5, 0.6) is 0 Å². The summed E-state index contributed by atoms with van der Waals surface area (Å²) in [6, 6.07) is 0. The summed E-state index contributed by atoms with van der Waals surface area (Å²) >= 11 is 0. The summed E-state index contributed by atoms with van der Waals surface area (Å²) in [7, 11) is 0. The smallest absolute Gasteiger partial charge is 0.0565 e. The minimum absolute atomic E-state index is 0.0504. The van der Waals surface area contributed by atoms with E-state index in [1.165, 1.54) is 32.1 Å². The molecule has 1 aliphatic rings. The van der Waals surface area contributed by atoms with Crippen molar-refractivity contribution in [2.24, 2.45) is 11.8 Å². The summed E-state index contributed by atoms with van der Waals surface area (Å²) in [5.41, 5.74) is 0. The van der Waals surface area contributed by atoms with Crippen molar-refractivity contribution in [2.45, 2.75) is 64.9 Å². The van der Waals surface area contributed by atoms with Crippen molar-refractivity contribution in [2.75, 3.05) is 0 Å². The fourth-order valence-corrected chi connectivity index (χ4v) is 2.26. The van der Waals surface area contributed by atoms with Gasteiger partial charge in [-0.25, -0.2) is 0 Å². The lowest BCUT2D eigenvalue weighted by Crippen LogP contribution is -2.17. The highest BCUT2D eigenvalue weighted by atomic mass is 16.3. The Bertz CT molecular complexity index is 127. The zero-order valence-corrected chi connectivity index (χ0v) is 9.13. The van der Waals surface area contributed by atoms with Crippen LogP contribution in [0.25, 0.3) is 0 Å². The van der Waals surface area contributed by atoms with Gasteiger partial charge in [0.1, 0.15) is 0 Å². The summed E-state index contributed by atoms with van der Waals surface area (Å²) in [5.74, 6) is 1.42. The van der Waals surface area contributed by atoms with Gasteiger partial charge in [-0.15, -0.1) is 0 Å². The average Bonchev–Trinajstić information content (AvgIpc) is 2.65. The summed E-state index contributed by atoms with van der Waals surface area (Å²) in [6.45, 7) is 4.31. The van der Waals surface area contributed by atoms with Crippen LogP contribution in [0.3, 0.4) is 0 Å². The van der Waals surface area contributed by atoms with Crippen LogP contribution in [-0.4, -0.2) is 11.2 Å². The van der Waals surface area contributed by atoms with E-state index in [-0.39, 0.29) is 6.10 Å². The minimum atomic E-state index is -0.0504. The lowest BCUT2D eigenvalue weighted by atomic mass is 9.93. The highest BCUT2D eigenvalue weighted by molar-refractivity contribution is 4.70. The molecule has 0 spiro atoms. The molecule has 1 nitrogen and oxygen atoms in total. The lowest BCUT2D eigenvalue weighted by Gasteiger charge is -2.18. The van der Waals surface area contributed by atoms with Crippen LogP contribution in [0.15, 0.2) is 0 Å². The highest BCUT2D eigenvalue weighted by Crippen LogP contribution is 2.29. The molecule has 78 valence electrons. The predicted molar refractivity (Wildman–Crippen MR) is 56.7 cm³/mol. The zero-order chi connectivity index (χ0) is 9.68. The molecule has 0 aromatic carbocycles. The van der Waals surface area contributed by atoms with Crippen LogP contribution < -0.4 is 0 Å². The van der Waals surface area contributed by atoms with E-state index in [1.807, 2.05) is 0 Å². The maximum absolute atomic E-state index is 9.78. The van der Waals surface area contributed by atoms with Gasteiger partial charge in [-0.3, -0.25) is 0 Å². The molecule has 0 aliphatic heterocycles. The van der Waals surface area contributed by atoms with Gasteiger partial charge < -0.3 is 5.11 Å². The quantitative estimate of drug-likeness (QED) is 0.694. The normalized spacial score (nSPS) is 23.3. The molecular weight excluding hydrogens is 160 g/mol. The Morgan fingerprint density at radius 3 is 2.46 bits per heavy atom. The van der Waals surface area contributed by atoms with Gasteiger partial charge in [-0.1, -0.05) is 46.0 Å². The molecule has 0 saturated heterocycles. The molecule has 0 aromatic heterocycles. The third kappa shape index (κ3) is 3.68. The number of aliphatic hydroxyl groups is 1. The molecule has 0 bridgehead atoms. The van der Waals surface area contributed by atoms with Gasteiger partial charge in [0.25, 0.3) is 0 Å². The van der Waals surface area contributed by atoms with Crippen LogP contribution in [0, 0.1) is 11.8 Å². The molecule has 2 unspecified atom stereocenters. The molecule has 0 radical (unpaired) electrons. The van der Waals surface area contributed by atoms with Gasteiger partial charge in [0.15, 0.2) is 0 Å². The average molecular weight is 184 g/mol. The second-order valence-electron chi connectivity index (χ2n) is 4.68. The summed E-state index contributed by atoms with van der Waals surface area (Å²) in [6.07, 6.45) is 9.00. The van der Waals surface area contributed by atoms with Crippen LogP contribution >= 0.6 is 0 Å². The van der Waals surface area contributed by atoms with Gasteiger partial charge in [-0.05, 0) is 24.7 Å². The second-order valence-corrected chi connectivity index (χ2v) is 4.68. The van der Waals surface area contributed by atoms with Crippen LogP contribution in [0.1, 0.15) is 58.8 Å². The number of aliphatic hydroxyl groups excluding tert-OH is 1.